The van der Waals surface area contributed by atoms with Gasteiger partial charge in [-0.05, 0) is 61.2 Å². The topological polar surface area (TPSA) is 79.9 Å². The number of ether oxygens (including phenoxy) is 2. The zero-order valence-electron chi connectivity index (χ0n) is 21.1. The number of piperidine rings is 1. The molecule has 2 atom stereocenters. The van der Waals surface area contributed by atoms with E-state index in [-0.39, 0.29) is 35.5 Å². The van der Waals surface area contributed by atoms with Crippen molar-refractivity contribution in [2.24, 2.45) is 11.8 Å². The number of rotatable bonds is 8. The van der Waals surface area contributed by atoms with Gasteiger partial charge in [-0.15, -0.1) is 0 Å². The average Bonchev–Trinajstić information content (AvgIpc) is 2.90. The molecule has 8 heteroatoms. The quantitative estimate of drug-likeness (QED) is 0.566. The summed E-state index contributed by atoms with van der Waals surface area (Å²) in [5.74, 6) is 0.153. The highest BCUT2D eigenvalue weighted by Crippen LogP contribution is 2.30. The summed E-state index contributed by atoms with van der Waals surface area (Å²) in [6, 6.07) is 11.7. The predicted molar refractivity (Wildman–Crippen MR) is 136 cm³/mol. The zero-order chi connectivity index (χ0) is 25.5. The van der Waals surface area contributed by atoms with Crippen LogP contribution in [0.25, 0.3) is 0 Å². The maximum atomic E-state index is 13.3. The lowest BCUT2D eigenvalue weighted by atomic mass is 9.86. The number of halogens is 1. The molecule has 2 aromatic rings. The summed E-state index contributed by atoms with van der Waals surface area (Å²) in [4.78, 5) is 28.6. The van der Waals surface area contributed by atoms with Crippen molar-refractivity contribution in [2.45, 2.75) is 51.1 Å². The van der Waals surface area contributed by atoms with Crippen LogP contribution in [0.2, 0.25) is 0 Å². The fourth-order valence-electron chi connectivity index (χ4n) is 5.28. The van der Waals surface area contributed by atoms with Gasteiger partial charge in [0, 0.05) is 31.4 Å². The van der Waals surface area contributed by atoms with Crippen LogP contribution in [0.4, 0.5) is 10.1 Å². The second kappa shape index (κ2) is 12.2. The highest BCUT2D eigenvalue weighted by Gasteiger charge is 2.36. The molecule has 1 aliphatic carbocycles. The smallest absolute Gasteiger partial charge is 0.228 e. The minimum atomic E-state index is -0.369. The van der Waals surface area contributed by atoms with Crippen molar-refractivity contribution in [2.75, 3.05) is 32.6 Å². The second-order valence-electron chi connectivity index (χ2n) is 9.85. The summed E-state index contributed by atoms with van der Waals surface area (Å²) in [5, 5.41) is 6.14. The van der Waals surface area contributed by atoms with Crippen molar-refractivity contribution < 1.29 is 23.5 Å². The van der Waals surface area contributed by atoms with Crippen LogP contribution in [0.5, 0.6) is 11.5 Å². The number of anilines is 1. The Bertz CT molecular complexity index is 1040. The van der Waals surface area contributed by atoms with E-state index in [1.54, 1.807) is 26.4 Å². The lowest BCUT2D eigenvalue weighted by Gasteiger charge is -2.37. The molecular formula is C28H36FN3O4. The van der Waals surface area contributed by atoms with Crippen LogP contribution in [0.15, 0.2) is 42.5 Å². The molecule has 7 nitrogen and oxygen atoms in total. The fraction of sp³-hybridized carbons (Fsp3) is 0.500. The Morgan fingerprint density at radius 2 is 1.58 bits per heavy atom. The van der Waals surface area contributed by atoms with E-state index in [0.29, 0.717) is 43.2 Å². The average molecular weight is 498 g/mol. The lowest BCUT2D eigenvalue weighted by Crippen LogP contribution is -2.50. The largest absolute Gasteiger partial charge is 0.493 e. The number of carbonyl (C=O) groups excluding carboxylic acids is 2. The molecule has 2 N–H and O–H groups in total. The molecule has 2 aliphatic rings. The third kappa shape index (κ3) is 6.75. The van der Waals surface area contributed by atoms with Gasteiger partial charge in [-0.1, -0.05) is 25.3 Å². The summed E-state index contributed by atoms with van der Waals surface area (Å²) in [7, 11) is 3.20. The molecule has 1 heterocycles. The van der Waals surface area contributed by atoms with Crippen LogP contribution in [0, 0.1) is 17.7 Å². The first-order valence-corrected chi connectivity index (χ1v) is 12.7. The molecule has 0 radical (unpaired) electrons. The van der Waals surface area contributed by atoms with Crippen LogP contribution in [-0.4, -0.2) is 50.1 Å². The van der Waals surface area contributed by atoms with Gasteiger partial charge >= 0.3 is 0 Å². The highest BCUT2D eigenvalue weighted by atomic mass is 19.1. The first-order chi connectivity index (χ1) is 17.4. The van der Waals surface area contributed by atoms with E-state index >= 15 is 0 Å². The SMILES string of the molecule is COc1ccc(CN2C[C@H](C(=O)Nc3ccc(F)cc3)C[C@H](C(=O)NC3CCCCC3)C2)cc1OC. The minimum Gasteiger partial charge on any atom is -0.493 e. The number of nitrogens with one attached hydrogen (secondary N) is 2. The number of nitrogens with zero attached hydrogens (tertiary/aromatic N) is 1. The number of hydrogen-bond donors (Lipinski definition) is 2. The number of carbonyl (C=O) groups is 2. The molecule has 4 rings (SSSR count). The maximum absolute atomic E-state index is 13.3. The monoisotopic (exact) mass is 497 g/mol. The Kier molecular flexibility index (Phi) is 8.80. The normalized spacial score (nSPS) is 21.0. The van der Waals surface area contributed by atoms with Gasteiger partial charge < -0.3 is 20.1 Å². The molecule has 194 valence electrons. The Balaban J connectivity index is 1.48. The van der Waals surface area contributed by atoms with E-state index < -0.39 is 0 Å². The van der Waals surface area contributed by atoms with E-state index in [0.717, 1.165) is 31.2 Å². The number of amides is 2. The molecular weight excluding hydrogens is 461 g/mol. The van der Waals surface area contributed by atoms with Gasteiger partial charge in [-0.3, -0.25) is 14.5 Å². The van der Waals surface area contributed by atoms with Crippen molar-refractivity contribution in [3.8, 4) is 11.5 Å². The lowest BCUT2D eigenvalue weighted by molar-refractivity contribution is -0.130. The third-order valence-corrected chi connectivity index (χ3v) is 7.19. The summed E-state index contributed by atoms with van der Waals surface area (Å²) >= 11 is 0. The summed E-state index contributed by atoms with van der Waals surface area (Å²) in [6.45, 7) is 1.68. The molecule has 0 spiro atoms. The van der Waals surface area contributed by atoms with Crippen molar-refractivity contribution in [3.05, 3.63) is 53.8 Å². The van der Waals surface area contributed by atoms with Crippen LogP contribution in [-0.2, 0) is 16.1 Å². The van der Waals surface area contributed by atoms with Crippen LogP contribution >= 0.6 is 0 Å². The first-order valence-electron chi connectivity index (χ1n) is 12.7. The van der Waals surface area contributed by atoms with Crippen molar-refractivity contribution in [1.29, 1.82) is 0 Å². The number of likely N-dealkylation sites (tertiary alicyclic amines) is 1. The predicted octanol–water partition coefficient (Wildman–Crippen LogP) is 4.37. The van der Waals surface area contributed by atoms with Gasteiger partial charge in [0.15, 0.2) is 11.5 Å². The summed E-state index contributed by atoms with van der Waals surface area (Å²) in [6.07, 6.45) is 6.02. The Labute approximate surface area is 212 Å². The maximum Gasteiger partial charge on any atom is 0.228 e. The molecule has 1 saturated carbocycles. The van der Waals surface area contributed by atoms with Gasteiger partial charge in [0.05, 0.1) is 26.1 Å². The molecule has 0 aromatic heterocycles. The van der Waals surface area contributed by atoms with Crippen LogP contribution < -0.4 is 20.1 Å². The van der Waals surface area contributed by atoms with E-state index in [1.165, 1.54) is 18.6 Å². The van der Waals surface area contributed by atoms with Crippen molar-refractivity contribution in [3.63, 3.8) is 0 Å². The standard InChI is InChI=1S/C28H36FN3O4/c1-35-25-13-8-19(14-26(25)36-2)16-32-17-20(27(33)30-23-6-4-3-5-7-23)15-21(18-32)28(34)31-24-11-9-22(29)10-12-24/h8-14,20-21,23H,3-7,15-18H2,1-2H3,(H,30,33)(H,31,34)/t20-,21+/m0/s1. The molecule has 36 heavy (non-hydrogen) atoms. The van der Waals surface area contributed by atoms with Gasteiger partial charge in [0.2, 0.25) is 11.8 Å². The fourth-order valence-corrected chi connectivity index (χ4v) is 5.28. The molecule has 2 fully saturated rings. The molecule has 0 unspecified atom stereocenters. The number of hydrogen-bond acceptors (Lipinski definition) is 5. The number of methoxy groups -OCH3 is 2. The van der Waals surface area contributed by atoms with Gasteiger partial charge in [-0.2, -0.15) is 0 Å². The molecule has 2 aromatic carbocycles. The number of benzene rings is 2. The van der Waals surface area contributed by atoms with E-state index in [9.17, 15) is 14.0 Å². The van der Waals surface area contributed by atoms with E-state index in [4.69, 9.17) is 9.47 Å². The molecule has 1 saturated heterocycles. The molecule has 1 aliphatic heterocycles. The first kappa shape index (κ1) is 25.9. The minimum absolute atomic E-state index is 0.0264. The molecule has 0 bridgehead atoms. The van der Waals surface area contributed by atoms with Crippen LogP contribution in [0.1, 0.15) is 44.1 Å². The third-order valence-electron chi connectivity index (χ3n) is 7.19. The van der Waals surface area contributed by atoms with Crippen molar-refractivity contribution in [1.82, 2.24) is 10.2 Å². The highest BCUT2D eigenvalue weighted by molar-refractivity contribution is 5.93. The van der Waals surface area contributed by atoms with Crippen molar-refractivity contribution >= 4 is 17.5 Å². The Morgan fingerprint density at radius 1 is 0.917 bits per heavy atom. The van der Waals surface area contributed by atoms with E-state index in [1.807, 2.05) is 18.2 Å². The van der Waals surface area contributed by atoms with Gasteiger partial charge in [-0.25, -0.2) is 4.39 Å². The van der Waals surface area contributed by atoms with Gasteiger partial charge in [0.1, 0.15) is 5.82 Å². The van der Waals surface area contributed by atoms with Gasteiger partial charge in [0.25, 0.3) is 0 Å². The summed E-state index contributed by atoms with van der Waals surface area (Å²) < 4.78 is 24.1. The Morgan fingerprint density at radius 3 is 2.25 bits per heavy atom. The zero-order valence-corrected chi connectivity index (χ0v) is 21.1. The van der Waals surface area contributed by atoms with E-state index in [2.05, 4.69) is 15.5 Å². The van der Waals surface area contributed by atoms with Crippen LogP contribution in [0.3, 0.4) is 0 Å². The second-order valence-corrected chi connectivity index (χ2v) is 9.85. The summed E-state index contributed by atoms with van der Waals surface area (Å²) in [5.41, 5.74) is 1.56. The Hall–Kier alpha value is -3.13. The molecule has 2 amide bonds.